The quantitative estimate of drug-likeness (QED) is 0.613. The van der Waals surface area contributed by atoms with Crippen LogP contribution in [-0.4, -0.2) is 31.1 Å². The highest BCUT2D eigenvalue weighted by Gasteiger charge is 2.30. The minimum Gasteiger partial charge on any atom is -0.399 e. The Labute approximate surface area is 101 Å². The molecule has 0 spiro atoms. The van der Waals surface area contributed by atoms with E-state index < -0.39 is 10.0 Å². The van der Waals surface area contributed by atoms with Gasteiger partial charge in [-0.3, -0.25) is 0 Å². The first-order valence-corrected chi connectivity index (χ1v) is 6.99. The molecule has 1 heterocycles. The predicted molar refractivity (Wildman–Crippen MR) is 67.0 cm³/mol. The Balaban J connectivity index is 2.29. The van der Waals surface area contributed by atoms with Crippen LogP contribution in [-0.2, 0) is 10.0 Å². The van der Waals surface area contributed by atoms with Crippen molar-refractivity contribution in [3.63, 3.8) is 0 Å². The fraction of sp³-hybridized carbons (Fsp3) is 0.400. The maximum Gasteiger partial charge on any atom is 0.243 e. The van der Waals surface area contributed by atoms with Gasteiger partial charge in [-0.1, -0.05) is 0 Å². The van der Waals surface area contributed by atoms with Crippen molar-refractivity contribution in [1.82, 2.24) is 4.31 Å². The second-order valence-corrected chi connectivity index (χ2v) is 6.54. The molecule has 2 N–H and O–H groups in total. The van der Waals surface area contributed by atoms with Crippen molar-refractivity contribution in [2.75, 3.05) is 18.8 Å². The first kappa shape index (κ1) is 11.8. The predicted octanol–water partition coefficient (Wildman–Crippen LogP) is 0.962. The molecule has 6 heteroatoms. The minimum absolute atomic E-state index is 0.142. The van der Waals surface area contributed by atoms with Gasteiger partial charge in [0.05, 0.1) is 4.90 Å². The summed E-state index contributed by atoms with van der Waals surface area (Å²) < 4.78 is 25.8. The fourth-order valence-electron chi connectivity index (χ4n) is 1.72. The van der Waals surface area contributed by atoms with Gasteiger partial charge in [-0.05, 0) is 30.7 Å². The molecular formula is C10H14N2O2S2. The molecule has 1 unspecified atom stereocenters. The summed E-state index contributed by atoms with van der Waals surface area (Å²) in [5, 5.41) is 0.142. The van der Waals surface area contributed by atoms with Gasteiger partial charge in [-0.15, -0.1) is 0 Å². The van der Waals surface area contributed by atoms with E-state index in [2.05, 4.69) is 12.6 Å². The zero-order valence-corrected chi connectivity index (χ0v) is 10.4. The van der Waals surface area contributed by atoms with Crippen LogP contribution in [0.4, 0.5) is 5.69 Å². The third-order valence-corrected chi connectivity index (χ3v) is 4.94. The lowest BCUT2D eigenvalue weighted by Gasteiger charge is -2.15. The number of rotatable bonds is 2. The number of nitrogens with two attached hydrogens (primary N) is 1. The summed E-state index contributed by atoms with van der Waals surface area (Å²) >= 11 is 4.29. The number of hydrogen-bond acceptors (Lipinski definition) is 4. The lowest BCUT2D eigenvalue weighted by Crippen LogP contribution is -2.29. The van der Waals surface area contributed by atoms with Crippen LogP contribution in [0, 0.1) is 0 Å². The molecule has 1 aliphatic rings. The number of thiol groups is 1. The lowest BCUT2D eigenvalue weighted by atomic mass is 10.3. The Hall–Kier alpha value is -0.720. The topological polar surface area (TPSA) is 63.4 Å². The molecule has 1 saturated heterocycles. The first-order chi connectivity index (χ1) is 7.50. The van der Waals surface area contributed by atoms with Gasteiger partial charge in [-0.2, -0.15) is 16.9 Å². The second kappa shape index (κ2) is 4.27. The first-order valence-electron chi connectivity index (χ1n) is 5.04. The highest BCUT2D eigenvalue weighted by atomic mass is 32.2. The summed E-state index contributed by atoms with van der Waals surface area (Å²) in [5.41, 5.74) is 6.09. The summed E-state index contributed by atoms with van der Waals surface area (Å²) in [6.07, 6.45) is 0.803. The maximum absolute atomic E-state index is 12.1. The molecule has 1 fully saturated rings. The third-order valence-electron chi connectivity index (χ3n) is 2.64. The van der Waals surface area contributed by atoms with Crippen molar-refractivity contribution in [2.45, 2.75) is 16.6 Å². The number of sulfonamides is 1. The van der Waals surface area contributed by atoms with Crippen molar-refractivity contribution in [2.24, 2.45) is 0 Å². The van der Waals surface area contributed by atoms with Crippen LogP contribution >= 0.6 is 12.6 Å². The molecule has 1 atom stereocenters. The molecule has 0 aliphatic carbocycles. The molecule has 4 nitrogen and oxygen atoms in total. The maximum atomic E-state index is 12.1. The molecule has 1 aromatic carbocycles. The van der Waals surface area contributed by atoms with Gasteiger partial charge in [-0.25, -0.2) is 8.42 Å². The Morgan fingerprint density at radius 3 is 2.44 bits per heavy atom. The summed E-state index contributed by atoms with van der Waals surface area (Å²) in [7, 11) is -3.36. The molecule has 0 amide bonds. The van der Waals surface area contributed by atoms with Crippen molar-refractivity contribution < 1.29 is 8.42 Å². The molecule has 0 aromatic heterocycles. The van der Waals surface area contributed by atoms with Crippen LogP contribution in [0.15, 0.2) is 29.2 Å². The summed E-state index contributed by atoms with van der Waals surface area (Å²) in [4.78, 5) is 0.295. The second-order valence-electron chi connectivity index (χ2n) is 3.87. The summed E-state index contributed by atoms with van der Waals surface area (Å²) in [6.45, 7) is 1.02. The molecule has 1 aromatic rings. The van der Waals surface area contributed by atoms with Crippen LogP contribution < -0.4 is 5.73 Å². The van der Waals surface area contributed by atoms with Gasteiger partial charge >= 0.3 is 0 Å². The average molecular weight is 258 g/mol. The van der Waals surface area contributed by atoms with Gasteiger partial charge in [0, 0.05) is 24.0 Å². The SMILES string of the molecule is Nc1ccc(S(=O)(=O)N2CCC(S)C2)cc1. The van der Waals surface area contributed by atoms with E-state index in [0.29, 0.717) is 23.7 Å². The molecule has 0 saturated carbocycles. The fourth-order valence-corrected chi connectivity index (χ4v) is 3.64. The number of hydrogen-bond donors (Lipinski definition) is 2. The van der Waals surface area contributed by atoms with Crippen LogP contribution in [0.2, 0.25) is 0 Å². The van der Waals surface area contributed by atoms with Gasteiger partial charge < -0.3 is 5.73 Å². The monoisotopic (exact) mass is 258 g/mol. The molecule has 0 radical (unpaired) electrons. The molecule has 0 bridgehead atoms. The number of anilines is 1. The number of nitrogens with zero attached hydrogens (tertiary/aromatic N) is 1. The molecule has 1 aliphatic heterocycles. The van der Waals surface area contributed by atoms with Crippen LogP contribution in [0.3, 0.4) is 0 Å². The zero-order chi connectivity index (χ0) is 11.8. The van der Waals surface area contributed by atoms with Crippen LogP contribution in [0.5, 0.6) is 0 Å². The van der Waals surface area contributed by atoms with Gasteiger partial charge in [0.15, 0.2) is 0 Å². The van der Waals surface area contributed by atoms with E-state index in [4.69, 9.17) is 5.73 Å². The van der Waals surface area contributed by atoms with E-state index >= 15 is 0 Å². The van der Waals surface area contributed by atoms with Crippen molar-refractivity contribution in [3.8, 4) is 0 Å². The minimum atomic E-state index is -3.36. The third kappa shape index (κ3) is 2.18. The molecule has 16 heavy (non-hydrogen) atoms. The number of nitrogen functional groups attached to an aromatic ring is 1. The Bertz CT molecular complexity index is 470. The van der Waals surface area contributed by atoms with Crippen molar-refractivity contribution in [1.29, 1.82) is 0 Å². The normalized spacial score (nSPS) is 22.4. The summed E-state index contributed by atoms with van der Waals surface area (Å²) in [6, 6.07) is 6.27. The average Bonchev–Trinajstić information content (AvgIpc) is 2.66. The van der Waals surface area contributed by atoms with Crippen molar-refractivity contribution in [3.05, 3.63) is 24.3 Å². The molecule has 88 valence electrons. The Morgan fingerprint density at radius 1 is 1.31 bits per heavy atom. The summed E-state index contributed by atoms with van der Waals surface area (Å²) in [5.74, 6) is 0. The van der Waals surface area contributed by atoms with Crippen LogP contribution in [0.25, 0.3) is 0 Å². The standard InChI is InChI=1S/C10H14N2O2S2/c11-8-1-3-10(4-2-8)16(13,14)12-6-5-9(15)7-12/h1-4,9,15H,5-7,11H2. The van der Waals surface area contributed by atoms with Crippen LogP contribution in [0.1, 0.15) is 6.42 Å². The smallest absolute Gasteiger partial charge is 0.243 e. The van der Waals surface area contributed by atoms with Gasteiger partial charge in [0.2, 0.25) is 10.0 Å². The van der Waals surface area contributed by atoms with E-state index in [9.17, 15) is 8.42 Å². The highest BCUT2D eigenvalue weighted by molar-refractivity contribution is 7.89. The van der Waals surface area contributed by atoms with E-state index in [0.717, 1.165) is 6.42 Å². The van der Waals surface area contributed by atoms with E-state index in [1.807, 2.05) is 0 Å². The van der Waals surface area contributed by atoms with E-state index in [-0.39, 0.29) is 5.25 Å². The van der Waals surface area contributed by atoms with E-state index in [1.165, 1.54) is 16.4 Å². The molecular weight excluding hydrogens is 244 g/mol. The molecule has 2 rings (SSSR count). The highest BCUT2D eigenvalue weighted by Crippen LogP contribution is 2.23. The van der Waals surface area contributed by atoms with E-state index in [1.54, 1.807) is 12.1 Å². The van der Waals surface area contributed by atoms with Crippen molar-refractivity contribution >= 4 is 28.3 Å². The van der Waals surface area contributed by atoms with Gasteiger partial charge in [0.25, 0.3) is 0 Å². The zero-order valence-electron chi connectivity index (χ0n) is 8.70. The number of benzene rings is 1. The largest absolute Gasteiger partial charge is 0.399 e. The van der Waals surface area contributed by atoms with Gasteiger partial charge in [0.1, 0.15) is 0 Å². The Morgan fingerprint density at radius 2 is 1.94 bits per heavy atom. The Kier molecular flexibility index (Phi) is 3.14. The lowest BCUT2D eigenvalue weighted by molar-refractivity contribution is 0.478.